The molecular formula is C13H21N5O2. The van der Waals surface area contributed by atoms with E-state index in [-0.39, 0.29) is 5.69 Å². The number of benzene rings is 1. The molecule has 0 radical (unpaired) electrons. The van der Waals surface area contributed by atoms with Gasteiger partial charge in [-0.05, 0) is 19.9 Å². The highest BCUT2D eigenvalue weighted by Crippen LogP contribution is 2.22. The molecule has 0 heterocycles. The van der Waals surface area contributed by atoms with Gasteiger partial charge in [-0.15, -0.1) is 0 Å². The predicted molar refractivity (Wildman–Crippen MR) is 81.2 cm³/mol. The summed E-state index contributed by atoms with van der Waals surface area (Å²) in [5, 5.41) is 20.1. The lowest BCUT2D eigenvalue weighted by molar-refractivity contribution is -0.384. The average molecular weight is 279 g/mol. The zero-order chi connectivity index (χ0) is 14.8. The van der Waals surface area contributed by atoms with Crippen LogP contribution in [-0.2, 0) is 0 Å². The van der Waals surface area contributed by atoms with Crippen LogP contribution in [0.4, 0.5) is 11.4 Å². The first-order chi connectivity index (χ1) is 9.69. The van der Waals surface area contributed by atoms with Gasteiger partial charge in [-0.2, -0.15) is 0 Å². The second-order valence-electron chi connectivity index (χ2n) is 3.99. The van der Waals surface area contributed by atoms with Crippen molar-refractivity contribution in [1.82, 2.24) is 10.6 Å². The first-order valence-electron chi connectivity index (χ1n) is 6.68. The highest BCUT2D eigenvalue weighted by molar-refractivity contribution is 5.79. The summed E-state index contributed by atoms with van der Waals surface area (Å²) in [6.45, 7) is 6.65. The van der Waals surface area contributed by atoms with Gasteiger partial charge in [0.15, 0.2) is 5.96 Å². The molecule has 0 aliphatic heterocycles. The van der Waals surface area contributed by atoms with E-state index < -0.39 is 4.92 Å². The van der Waals surface area contributed by atoms with Crippen molar-refractivity contribution in [2.75, 3.05) is 31.5 Å². The largest absolute Gasteiger partial charge is 0.378 e. The molecule has 0 aliphatic rings. The van der Waals surface area contributed by atoms with E-state index in [1.54, 1.807) is 18.2 Å². The van der Waals surface area contributed by atoms with Gasteiger partial charge in [0.05, 0.1) is 11.5 Å². The predicted octanol–water partition coefficient (Wildman–Crippen LogP) is 1.58. The Labute approximate surface area is 118 Å². The molecular weight excluding hydrogens is 258 g/mol. The van der Waals surface area contributed by atoms with E-state index in [9.17, 15) is 10.1 Å². The number of nitrogens with one attached hydrogen (secondary N) is 3. The molecule has 7 nitrogen and oxygen atoms in total. The minimum Gasteiger partial charge on any atom is -0.378 e. The van der Waals surface area contributed by atoms with Crippen molar-refractivity contribution in [1.29, 1.82) is 0 Å². The Balaban J connectivity index is 2.52. The number of para-hydroxylation sites is 2. The lowest BCUT2D eigenvalue weighted by Gasteiger charge is -2.09. The Bertz CT molecular complexity index is 454. The van der Waals surface area contributed by atoms with Crippen molar-refractivity contribution in [3.05, 3.63) is 34.4 Å². The molecule has 1 rings (SSSR count). The third-order valence-corrected chi connectivity index (χ3v) is 2.49. The van der Waals surface area contributed by atoms with Crippen LogP contribution in [0.3, 0.4) is 0 Å². The topological polar surface area (TPSA) is 91.6 Å². The van der Waals surface area contributed by atoms with E-state index in [0.717, 1.165) is 19.0 Å². The molecule has 0 bridgehead atoms. The van der Waals surface area contributed by atoms with Gasteiger partial charge in [-0.25, -0.2) is 0 Å². The number of hydrogen-bond acceptors (Lipinski definition) is 4. The van der Waals surface area contributed by atoms with E-state index in [1.165, 1.54) is 6.07 Å². The minimum atomic E-state index is -0.395. The normalized spacial score (nSPS) is 9.70. The minimum absolute atomic E-state index is 0.0788. The molecule has 0 atom stereocenters. The third-order valence-electron chi connectivity index (χ3n) is 2.49. The maximum atomic E-state index is 10.9. The molecule has 0 saturated heterocycles. The Kier molecular flexibility index (Phi) is 6.88. The van der Waals surface area contributed by atoms with Crippen molar-refractivity contribution in [3.8, 4) is 0 Å². The molecule has 20 heavy (non-hydrogen) atoms. The van der Waals surface area contributed by atoms with Gasteiger partial charge in [0.25, 0.3) is 5.69 Å². The molecule has 1 aromatic carbocycles. The lowest BCUT2D eigenvalue weighted by atomic mass is 10.2. The van der Waals surface area contributed by atoms with Crippen LogP contribution in [0.2, 0.25) is 0 Å². The molecule has 0 aromatic heterocycles. The van der Waals surface area contributed by atoms with Gasteiger partial charge >= 0.3 is 0 Å². The van der Waals surface area contributed by atoms with Gasteiger partial charge in [0, 0.05) is 25.7 Å². The van der Waals surface area contributed by atoms with Crippen molar-refractivity contribution < 1.29 is 4.92 Å². The molecule has 7 heteroatoms. The van der Waals surface area contributed by atoms with Crippen molar-refractivity contribution in [2.45, 2.75) is 13.8 Å². The SMILES string of the molecule is CCNC(=NCCNc1ccccc1[N+](=O)[O-])NCC. The van der Waals surface area contributed by atoms with Crippen LogP contribution in [-0.4, -0.2) is 37.1 Å². The van der Waals surface area contributed by atoms with Crippen LogP contribution in [0.15, 0.2) is 29.3 Å². The summed E-state index contributed by atoms with van der Waals surface area (Å²) in [6.07, 6.45) is 0. The number of guanidine groups is 1. The highest BCUT2D eigenvalue weighted by atomic mass is 16.6. The van der Waals surface area contributed by atoms with E-state index >= 15 is 0 Å². The average Bonchev–Trinajstić information content (AvgIpc) is 2.44. The van der Waals surface area contributed by atoms with Gasteiger partial charge in [-0.1, -0.05) is 12.1 Å². The molecule has 0 saturated carbocycles. The van der Waals surface area contributed by atoms with Gasteiger partial charge in [0.2, 0.25) is 0 Å². The van der Waals surface area contributed by atoms with Gasteiger partial charge in [-0.3, -0.25) is 15.1 Å². The number of nitro groups is 1. The van der Waals surface area contributed by atoms with E-state index in [1.807, 2.05) is 13.8 Å². The Morgan fingerprint density at radius 3 is 2.50 bits per heavy atom. The third kappa shape index (κ3) is 5.13. The molecule has 110 valence electrons. The van der Waals surface area contributed by atoms with Crippen molar-refractivity contribution in [2.24, 2.45) is 4.99 Å². The van der Waals surface area contributed by atoms with Crippen molar-refractivity contribution >= 4 is 17.3 Å². The zero-order valence-corrected chi connectivity index (χ0v) is 11.8. The first kappa shape index (κ1) is 15.7. The summed E-state index contributed by atoms with van der Waals surface area (Å²) >= 11 is 0. The summed E-state index contributed by atoms with van der Waals surface area (Å²) in [4.78, 5) is 14.8. The Morgan fingerprint density at radius 1 is 1.25 bits per heavy atom. The highest BCUT2D eigenvalue weighted by Gasteiger charge is 2.10. The molecule has 0 spiro atoms. The van der Waals surface area contributed by atoms with Crippen molar-refractivity contribution in [3.63, 3.8) is 0 Å². The van der Waals surface area contributed by atoms with Crippen LogP contribution < -0.4 is 16.0 Å². The number of nitro benzene ring substituents is 1. The second kappa shape index (κ2) is 8.73. The maximum absolute atomic E-state index is 10.9. The smallest absolute Gasteiger partial charge is 0.292 e. The quantitative estimate of drug-likeness (QED) is 0.232. The Hall–Kier alpha value is -2.31. The number of nitrogens with zero attached hydrogens (tertiary/aromatic N) is 2. The van der Waals surface area contributed by atoms with Crippen LogP contribution in [0, 0.1) is 10.1 Å². The fraction of sp³-hybridized carbons (Fsp3) is 0.462. The molecule has 1 aromatic rings. The standard InChI is InChI=1S/C13H21N5O2/c1-3-14-13(15-4-2)17-10-9-16-11-7-5-6-8-12(11)18(19)20/h5-8,16H,3-4,9-10H2,1-2H3,(H2,14,15,17). The number of anilines is 1. The van der Waals surface area contributed by atoms with Crippen LogP contribution >= 0.6 is 0 Å². The van der Waals surface area contributed by atoms with Crippen LogP contribution in [0.1, 0.15) is 13.8 Å². The number of hydrogen-bond donors (Lipinski definition) is 3. The fourth-order valence-corrected chi connectivity index (χ4v) is 1.65. The molecule has 0 amide bonds. The summed E-state index contributed by atoms with van der Waals surface area (Å²) in [5.41, 5.74) is 0.594. The number of rotatable bonds is 7. The summed E-state index contributed by atoms with van der Waals surface area (Å²) in [7, 11) is 0. The maximum Gasteiger partial charge on any atom is 0.292 e. The Morgan fingerprint density at radius 2 is 1.90 bits per heavy atom. The summed E-state index contributed by atoms with van der Waals surface area (Å²) < 4.78 is 0. The molecule has 0 fully saturated rings. The second-order valence-corrected chi connectivity index (χ2v) is 3.99. The van der Waals surface area contributed by atoms with Gasteiger partial charge in [0.1, 0.15) is 5.69 Å². The summed E-state index contributed by atoms with van der Waals surface area (Å²) in [6, 6.07) is 6.59. The molecule has 0 unspecified atom stereocenters. The van der Waals surface area contributed by atoms with Crippen LogP contribution in [0.25, 0.3) is 0 Å². The van der Waals surface area contributed by atoms with E-state index in [0.29, 0.717) is 18.8 Å². The van der Waals surface area contributed by atoms with E-state index in [4.69, 9.17) is 0 Å². The first-order valence-corrected chi connectivity index (χ1v) is 6.68. The molecule has 3 N–H and O–H groups in total. The molecule has 0 aliphatic carbocycles. The van der Waals surface area contributed by atoms with Gasteiger partial charge < -0.3 is 16.0 Å². The van der Waals surface area contributed by atoms with E-state index in [2.05, 4.69) is 20.9 Å². The fourth-order valence-electron chi connectivity index (χ4n) is 1.65. The monoisotopic (exact) mass is 279 g/mol. The summed E-state index contributed by atoms with van der Waals surface area (Å²) in [5.74, 6) is 0.749. The van der Waals surface area contributed by atoms with Crippen LogP contribution in [0.5, 0.6) is 0 Å². The number of aliphatic imine (C=N–C) groups is 1. The lowest BCUT2D eigenvalue weighted by Crippen LogP contribution is -2.37. The zero-order valence-electron chi connectivity index (χ0n) is 11.8.